The molecule has 1 aliphatic heterocycles. The monoisotopic (exact) mass is 355 g/mol. The van der Waals surface area contributed by atoms with E-state index in [2.05, 4.69) is 21.2 Å². The van der Waals surface area contributed by atoms with E-state index in [1.165, 1.54) is 0 Å². The normalized spacial score (nSPS) is 16.7. The van der Waals surface area contributed by atoms with E-state index >= 15 is 0 Å². The molecule has 2 aromatic heterocycles. The average Bonchev–Trinajstić information content (AvgIpc) is 3.31. The lowest BCUT2D eigenvalue weighted by atomic mass is 9.99. The quantitative estimate of drug-likeness (QED) is 0.821. The van der Waals surface area contributed by atoms with Gasteiger partial charge in [-0.2, -0.15) is 10.2 Å². The Morgan fingerprint density at radius 1 is 1.40 bits per heavy atom. The second-order valence-electron chi connectivity index (χ2n) is 6.07. The van der Waals surface area contributed by atoms with Crippen LogP contribution in [0.3, 0.4) is 0 Å². The van der Waals surface area contributed by atoms with E-state index in [1.54, 1.807) is 11.1 Å². The third kappa shape index (κ3) is 2.79. The van der Waals surface area contributed by atoms with Crippen molar-refractivity contribution in [1.82, 2.24) is 20.0 Å². The molecule has 7 nitrogen and oxygen atoms in total. The lowest BCUT2D eigenvalue weighted by Gasteiger charge is -2.27. The Hall–Kier alpha value is -2.72. The van der Waals surface area contributed by atoms with Crippen LogP contribution in [0.1, 0.15) is 34.8 Å². The molecule has 0 N–H and O–H groups in total. The average molecular weight is 356 g/mol. The van der Waals surface area contributed by atoms with Gasteiger partial charge in [-0.05, 0) is 12.8 Å². The summed E-state index contributed by atoms with van der Waals surface area (Å²) in [6.07, 6.45) is 7.59. The van der Waals surface area contributed by atoms with Gasteiger partial charge in [0.15, 0.2) is 0 Å². The molecule has 2 aromatic rings. The van der Waals surface area contributed by atoms with Crippen LogP contribution in [-0.4, -0.2) is 39.0 Å². The van der Waals surface area contributed by atoms with Crippen LogP contribution in [0.4, 0.5) is 0 Å². The Bertz CT molecular complexity index is 906. The van der Waals surface area contributed by atoms with Crippen LogP contribution in [0.15, 0.2) is 16.8 Å². The smallest absolute Gasteiger partial charge is 0.316 e. The fourth-order valence-electron chi connectivity index (χ4n) is 3.08. The molecule has 1 fully saturated rings. The summed E-state index contributed by atoms with van der Waals surface area (Å²) in [6.45, 7) is 1.03. The molecule has 2 aliphatic rings. The SMILES string of the molecule is N#CC1CCN(C(=O)c2nc(-c3cnc4c(c3Cl)C=CC4)no2)CC1. The zero-order chi connectivity index (χ0) is 17.4. The van der Waals surface area contributed by atoms with Crippen LogP contribution >= 0.6 is 11.6 Å². The van der Waals surface area contributed by atoms with Gasteiger partial charge in [0, 0.05) is 37.2 Å². The number of rotatable bonds is 2. The summed E-state index contributed by atoms with van der Waals surface area (Å²) < 4.78 is 5.14. The zero-order valence-corrected chi connectivity index (χ0v) is 14.0. The number of nitriles is 1. The first-order chi connectivity index (χ1) is 12.2. The summed E-state index contributed by atoms with van der Waals surface area (Å²) in [5.41, 5.74) is 2.31. The predicted octanol–water partition coefficient (Wildman–Crippen LogP) is 2.73. The van der Waals surface area contributed by atoms with Gasteiger partial charge in [0.25, 0.3) is 0 Å². The summed E-state index contributed by atoms with van der Waals surface area (Å²) in [4.78, 5) is 22.7. The van der Waals surface area contributed by atoms with Crippen molar-refractivity contribution < 1.29 is 9.32 Å². The number of pyridine rings is 1. The van der Waals surface area contributed by atoms with E-state index in [9.17, 15) is 4.79 Å². The summed E-state index contributed by atoms with van der Waals surface area (Å²) in [7, 11) is 0. The lowest BCUT2D eigenvalue weighted by molar-refractivity contribution is 0.0657. The van der Waals surface area contributed by atoms with Crippen molar-refractivity contribution >= 4 is 23.6 Å². The van der Waals surface area contributed by atoms with Gasteiger partial charge in [-0.25, -0.2) is 0 Å². The maximum atomic E-state index is 12.5. The van der Waals surface area contributed by atoms with E-state index in [0.717, 1.165) is 17.7 Å². The van der Waals surface area contributed by atoms with Gasteiger partial charge in [0.1, 0.15) is 0 Å². The molecule has 0 radical (unpaired) electrons. The van der Waals surface area contributed by atoms with Crippen LogP contribution < -0.4 is 0 Å². The van der Waals surface area contributed by atoms with Crippen molar-refractivity contribution in [2.24, 2.45) is 5.92 Å². The largest absolute Gasteiger partial charge is 0.334 e. The Morgan fingerprint density at radius 2 is 2.20 bits per heavy atom. The molecule has 0 unspecified atom stereocenters. The lowest BCUT2D eigenvalue weighted by Crippen LogP contribution is -2.38. The van der Waals surface area contributed by atoms with Gasteiger partial charge in [0.2, 0.25) is 5.82 Å². The second kappa shape index (κ2) is 6.30. The summed E-state index contributed by atoms with van der Waals surface area (Å²) in [5, 5.41) is 13.3. The number of allylic oxidation sites excluding steroid dienone is 1. The van der Waals surface area contributed by atoms with Gasteiger partial charge >= 0.3 is 11.8 Å². The molecule has 4 rings (SSSR count). The molecule has 0 aromatic carbocycles. The van der Waals surface area contributed by atoms with Crippen LogP contribution in [0, 0.1) is 17.2 Å². The number of hydrogen-bond donors (Lipinski definition) is 0. The molecular formula is C17H14ClN5O2. The topological polar surface area (TPSA) is 95.9 Å². The highest BCUT2D eigenvalue weighted by Gasteiger charge is 2.28. The first-order valence-electron chi connectivity index (χ1n) is 8.04. The molecular weight excluding hydrogens is 342 g/mol. The number of hydrogen-bond acceptors (Lipinski definition) is 6. The van der Waals surface area contributed by atoms with Gasteiger partial charge in [-0.15, -0.1) is 0 Å². The maximum Gasteiger partial charge on any atom is 0.316 e. The fourth-order valence-corrected chi connectivity index (χ4v) is 3.39. The Labute approximate surface area is 148 Å². The minimum absolute atomic E-state index is 0.00615. The summed E-state index contributed by atoms with van der Waals surface area (Å²) in [5.74, 6) is -0.139. The minimum atomic E-state index is -0.319. The van der Waals surface area contributed by atoms with E-state index in [-0.39, 0.29) is 23.5 Å². The Kier molecular flexibility index (Phi) is 3.98. The Balaban J connectivity index is 1.56. The van der Waals surface area contributed by atoms with E-state index < -0.39 is 0 Å². The number of amides is 1. The van der Waals surface area contributed by atoms with Gasteiger partial charge in [0.05, 0.1) is 22.3 Å². The minimum Gasteiger partial charge on any atom is -0.334 e. The predicted molar refractivity (Wildman–Crippen MR) is 89.5 cm³/mol. The standard InChI is InChI=1S/C17H14ClN5O2/c18-14-11-2-1-3-13(11)20-9-12(14)15-21-16(25-22-15)17(24)23-6-4-10(8-19)5-7-23/h1-2,9-10H,3-7H2. The summed E-state index contributed by atoms with van der Waals surface area (Å²) in [6, 6.07) is 2.24. The number of carbonyl (C=O) groups is 1. The molecule has 0 bridgehead atoms. The number of carbonyl (C=O) groups excluding carboxylic acids is 1. The van der Waals surface area contributed by atoms with Gasteiger partial charge in [-0.1, -0.05) is 28.9 Å². The molecule has 126 valence electrons. The maximum absolute atomic E-state index is 12.5. The molecule has 1 saturated heterocycles. The molecule has 0 spiro atoms. The fraction of sp³-hybridized carbons (Fsp3) is 0.353. The molecule has 3 heterocycles. The highest BCUT2D eigenvalue weighted by molar-refractivity contribution is 6.34. The van der Waals surface area contributed by atoms with Crippen molar-refractivity contribution in [2.45, 2.75) is 19.3 Å². The first kappa shape index (κ1) is 15.8. The van der Waals surface area contributed by atoms with Crippen LogP contribution in [-0.2, 0) is 6.42 Å². The van der Waals surface area contributed by atoms with Gasteiger partial charge in [-0.3, -0.25) is 9.78 Å². The number of likely N-dealkylation sites (tertiary alicyclic amines) is 1. The zero-order valence-electron chi connectivity index (χ0n) is 13.3. The highest BCUT2D eigenvalue weighted by atomic mass is 35.5. The number of piperidine rings is 1. The van der Waals surface area contributed by atoms with Crippen molar-refractivity contribution in [3.8, 4) is 17.5 Å². The summed E-state index contributed by atoms with van der Waals surface area (Å²) >= 11 is 6.42. The molecule has 8 heteroatoms. The molecule has 1 aliphatic carbocycles. The van der Waals surface area contributed by atoms with Crippen LogP contribution in [0.5, 0.6) is 0 Å². The number of fused-ring (bicyclic) bond motifs is 1. The third-order valence-corrected chi connectivity index (χ3v) is 4.95. The van der Waals surface area contributed by atoms with E-state index in [0.29, 0.717) is 36.5 Å². The third-order valence-electron chi connectivity index (χ3n) is 4.54. The van der Waals surface area contributed by atoms with E-state index in [1.807, 2.05) is 12.2 Å². The molecule has 0 atom stereocenters. The molecule has 25 heavy (non-hydrogen) atoms. The highest BCUT2D eigenvalue weighted by Crippen LogP contribution is 2.33. The van der Waals surface area contributed by atoms with Crippen LogP contribution in [0.2, 0.25) is 5.02 Å². The van der Waals surface area contributed by atoms with Crippen molar-refractivity contribution in [3.63, 3.8) is 0 Å². The van der Waals surface area contributed by atoms with Crippen molar-refractivity contribution in [2.75, 3.05) is 13.1 Å². The van der Waals surface area contributed by atoms with Gasteiger partial charge < -0.3 is 9.42 Å². The molecule has 1 amide bonds. The number of aromatic nitrogens is 3. The van der Waals surface area contributed by atoms with Crippen LogP contribution in [0.25, 0.3) is 17.5 Å². The number of halogens is 1. The second-order valence-corrected chi connectivity index (χ2v) is 6.45. The molecule has 0 saturated carbocycles. The van der Waals surface area contributed by atoms with Crippen molar-refractivity contribution in [3.05, 3.63) is 34.4 Å². The Morgan fingerprint density at radius 3 is 2.96 bits per heavy atom. The van der Waals surface area contributed by atoms with E-state index in [4.69, 9.17) is 21.4 Å². The van der Waals surface area contributed by atoms with Crippen molar-refractivity contribution in [1.29, 1.82) is 5.26 Å². The first-order valence-corrected chi connectivity index (χ1v) is 8.42. The number of nitrogens with zero attached hydrogens (tertiary/aromatic N) is 5.